The summed E-state index contributed by atoms with van der Waals surface area (Å²) < 4.78 is 5.14. The molecule has 0 saturated carbocycles. The topological polar surface area (TPSA) is 49.8 Å². The molecule has 0 aromatic heterocycles. The minimum atomic E-state index is -0.900. The summed E-state index contributed by atoms with van der Waals surface area (Å²) in [5, 5.41) is 10.7. The van der Waals surface area contributed by atoms with Crippen LogP contribution in [0.2, 0.25) is 5.02 Å². The number of aliphatic hydroxyl groups is 1. The third-order valence-corrected chi connectivity index (χ3v) is 4.04. The molecule has 2 rings (SSSR count). The van der Waals surface area contributed by atoms with E-state index >= 15 is 0 Å². The largest absolute Gasteiger partial charge is 0.495 e. The summed E-state index contributed by atoms with van der Waals surface area (Å²) in [6, 6.07) is 4.83. The number of hydrogen-bond donors (Lipinski definition) is 1. The summed E-state index contributed by atoms with van der Waals surface area (Å²) in [5.74, 6) is 0.390. The molecule has 4 nitrogen and oxygen atoms in total. The van der Waals surface area contributed by atoms with Crippen LogP contribution in [0.15, 0.2) is 18.2 Å². The summed E-state index contributed by atoms with van der Waals surface area (Å²) in [6.45, 7) is 4.15. The highest BCUT2D eigenvalue weighted by Gasteiger charge is 2.38. The first-order valence-electron chi connectivity index (χ1n) is 6.71. The fraction of sp³-hybridized carbons (Fsp3) is 0.533. The molecule has 1 aliphatic heterocycles. The van der Waals surface area contributed by atoms with Gasteiger partial charge in [-0.25, -0.2) is 0 Å². The number of carbonyl (C=O) groups is 1. The van der Waals surface area contributed by atoms with Crippen LogP contribution in [0.1, 0.15) is 37.0 Å². The van der Waals surface area contributed by atoms with E-state index in [0.29, 0.717) is 22.9 Å². The van der Waals surface area contributed by atoms with Crippen molar-refractivity contribution in [3.63, 3.8) is 0 Å². The third kappa shape index (κ3) is 2.91. The summed E-state index contributed by atoms with van der Waals surface area (Å²) in [5.41, 5.74) is -0.370. The lowest BCUT2D eigenvalue weighted by Crippen LogP contribution is -2.48. The van der Waals surface area contributed by atoms with Gasteiger partial charge in [-0.15, -0.1) is 0 Å². The van der Waals surface area contributed by atoms with Gasteiger partial charge in [0.1, 0.15) is 5.75 Å². The molecule has 1 atom stereocenters. The number of nitrogens with zero attached hydrogens (tertiary/aromatic N) is 1. The van der Waals surface area contributed by atoms with Gasteiger partial charge in [0, 0.05) is 12.1 Å². The number of rotatable bonds is 3. The molecule has 1 fully saturated rings. The molecule has 0 bridgehead atoms. The first-order chi connectivity index (χ1) is 9.34. The van der Waals surface area contributed by atoms with E-state index in [9.17, 15) is 9.90 Å². The molecule has 1 aromatic carbocycles. The number of hydrogen-bond acceptors (Lipinski definition) is 3. The van der Waals surface area contributed by atoms with Gasteiger partial charge in [-0.1, -0.05) is 11.6 Å². The van der Waals surface area contributed by atoms with Crippen molar-refractivity contribution in [1.82, 2.24) is 4.90 Å². The minimum Gasteiger partial charge on any atom is -0.495 e. The average Bonchev–Trinajstić information content (AvgIpc) is 2.87. The predicted molar refractivity (Wildman–Crippen MR) is 78.4 cm³/mol. The Balaban J connectivity index is 2.27. The maximum atomic E-state index is 12.6. The van der Waals surface area contributed by atoms with E-state index in [1.165, 1.54) is 7.11 Å². The number of ether oxygens (including phenoxy) is 1. The zero-order chi connectivity index (χ0) is 14.9. The van der Waals surface area contributed by atoms with Crippen molar-refractivity contribution in [2.75, 3.05) is 13.7 Å². The van der Waals surface area contributed by atoms with Crippen LogP contribution in [0.5, 0.6) is 5.75 Å². The standard InChI is InChI=1S/C15H20ClNO3/c1-15(2,19)13-5-4-8-17(13)14(18)10-6-7-11(16)12(9-10)20-3/h6-7,9,13,19H,4-5,8H2,1-3H3/t13-/m0/s1. The molecule has 1 aliphatic rings. The molecule has 0 aliphatic carbocycles. The first kappa shape index (κ1) is 15.1. The van der Waals surface area contributed by atoms with Crippen LogP contribution in [0.4, 0.5) is 0 Å². The second-order valence-electron chi connectivity index (χ2n) is 5.66. The van der Waals surface area contributed by atoms with Crippen LogP contribution >= 0.6 is 11.6 Å². The van der Waals surface area contributed by atoms with Crippen LogP contribution in [0.25, 0.3) is 0 Å². The molecule has 1 N–H and O–H groups in total. The van der Waals surface area contributed by atoms with Gasteiger partial charge in [-0.05, 0) is 44.9 Å². The van der Waals surface area contributed by atoms with E-state index in [0.717, 1.165) is 12.8 Å². The zero-order valence-electron chi connectivity index (χ0n) is 12.0. The molecule has 1 saturated heterocycles. The second-order valence-corrected chi connectivity index (χ2v) is 6.07. The van der Waals surface area contributed by atoms with Gasteiger partial charge >= 0.3 is 0 Å². The minimum absolute atomic E-state index is 0.0930. The Labute approximate surface area is 124 Å². The molecule has 110 valence electrons. The highest BCUT2D eigenvalue weighted by molar-refractivity contribution is 6.32. The Morgan fingerprint density at radius 2 is 2.20 bits per heavy atom. The molecule has 1 amide bonds. The second kappa shape index (κ2) is 5.62. The fourth-order valence-corrected chi connectivity index (χ4v) is 2.90. The van der Waals surface area contributed by atoms with Crippen molar-refractivity contribution in [2.45, 2.75) is 38.3 Å². The Morgan fingerprint density at radius 3 is 2.80 bits per heavy atom. The highest BCUT2D eigenvalue weighted by Crippen LogP contribution is 2.30. The van der Waals surface area contributed by atoms with E-state index in [4.69, 9.17) is 16.3 Å². The van der Waals surface area contributed by atoms with Crippen LogP contribution in [0.3, 0.4) is 0 Å². The van der Waals surface area contributed by atoms with E-state index < -0.39 is 5.60 Å². The van der Waals surface area contributed by atoms with Crippen LogP contribution < -0.4 is 4.74 Å². The Morgan fingerprint density at radius 1 is 1.50 bits per heavy atom. The van der Waals surface area contributed by atoms with Gasteiger partial charge in [0.25, 0.3) is 5.91 Å². The van der Waals surface area contributed by atoms with Gasteiger partial charge in [-0.2, -0.15) is 0 Å². The number of amides is 1. The maximum absolute atomic E-state index is 12.6. The van der Waals surface area contributed by atoms with E-state index in [1.807, 2.05) is 0 Å². The maximum Gasteiger partial charge on any atom is 0.254 e. The molecule has 5 heteroatoms. The third-order valence-electron chi connectivity index (χ3n) is 3.73. The first-order valence-corrected chi connectivity index (χ1v) is 7.09. The Hall–Kier alpha value is -1.26. The van der Waals surface area contributed by atoms with Gasteiger partial charge in [0.05, 0.1) is 23.8 Å². The van der Waals surface area contributed by atoms with Crippen molar-refractivity contribution in [1.29, 1.82) is 0 Å². The molecule has 0 radical (unpaired) electrons. The molecule has 0 unspecified atom stereocenters. The number of likely N-dealkylation sites (tertiary alicyclic amines) is 1. The van der Waals surface area contributed by atoms with E-state index in [1.54, 1.807) is 36.9 Å². The van der Waals surface area contributed by atoms with Gasteiger partial charge < -0.3 is 14.7 Å². The SMILES string of the molecule is COc1cc(C(=O)N2CCC[C@H]2C(C)(C)O)ccc1Cl. The quantitative estimate of drug-likeness (QED) is 0.933. The summed E-state index contributed by atoms with van der Waals surface area (Å²) in [6.07, 6.45) is 1.73. The lowest BCUT2D eigenvalue weighted by Gasteiger charge is -2.33. The number of halogens is 1. The summed E-state index contributed by atoms with van der Waals surface area (Å²) in [4.78, 5) is 14.3. The van der Waals surface area contributed by atoms with E-state index in [2.05, 4.69) is 0 Å². The number of carbonyl (C=O) groups excluding carboxylic acids is 1. The van der Waals surface area contributed by atoms with Crippen LogP contribution in [0, 0.1) is 0 Å². The molecule has 20 heavy (non-hydrogen) atoms. The summed E-state index contributed by atoms with van der Waals surface area (Å²) >= 11 is 5.97. The number of benzene rings is 1. The fourth-order valence-electron chi connectivity index (χ4n) is 2.70. The van der Waals surface area contributed by atoms with Crippen molar-refractivity contribution in [3.8, 4) is 5.75 Å². The Kier molecular flexibility index (Phi) is 4.25. The smallest absolute Gasteiger partial charge is 0.254 e. The van der Waals surface area contributed by atoms with Gasteiger partial charge in [0.2, 0.25) is 0 Å². The van der Waals surface area contributed by atoms with Crippen molar-refractivity contribution < 1.29 is 14.6 Å². The Bertz CT molecular complexity index is 510. The van der Waals surface area contributed by atoms with Crippen molar-refractivity contribution in [2.24, 2.45) is 0 Å². The molecular weight excluding hydrogens is 278 g/mol. The molecule has 1 aromatic rings. The van der Waals surface area contributed by atoms with Gasteiger partial charge in [-0.3, -0.25) is 4.79 Å². The zero-order valence-corrected chi connectivity index (χ0v) is 12.8. The summed E-state index contributed by atoms with van der Waals surface area (Å²) in [7, 11) is 1.52. The predicted octanol–water partition coefficient (Wildman–Crippen LogP) is 2.72. The van der Waals surface area contributed by atoms with Crippen LogP contribution in [-0.4, -0.2) is 41.2 Å². The molecule has 0 spiro atoms. The lowest BCUT2D eigenvalue weighted by atomic mass is 9.96. The number of methoxy groups -OCH3 is 1. The molecular formula is C15H20ClNO3. The van der Waals surface area contributed by atoms with E-state index in [-0.39, 0.29) is 11.9 Å². The molecule has 1 heterocycles. The van der Waals surface area contributed by atoms with Gasteiger partial charge in [0.15, 0.2) is 0 Å². The monoisotopic (exact) mass is 297 g/mol. The van der Waals surface area contributed by atoms with Crippen molar-refractivity contribution >= 4 is 17.5 Å². The average molecular weight is 298 g/mol. The lowest BCUT2D eigenvalue weighted by molar-refractivity contribution is 0.000329. The van der Waals surface area contributed by atoms with Crippen molar-refractivity contribution in [3.05, 3.63) is 28.8 Å². The van der Waals surface area contributed by atoms with Crippen LogP contribution in [-0.2, 0) is 0 Å². The highest BCUT2D eigenvalue weighted by atomic mass is 35.5. The normalized spacial score (nSPS) is 19.2.